The molecule has 1 aliphatic rings. The van der Waals surface area contributed by atoms with Crippen LogP contribution in [0.1, 0.15) is 19.4 Å². The Bertz CT molecular complexity index is 426. The third-order valence-electron chi connectivity index (χ3n) is 3.27. The lowest BCUT2D eigenvalue weighted by Crippen LogP contribution is -2.52. The minimum absolute atomic E-state index is 0.164. The summed E-state index contributed by atoms with van der Waals surface area (Å²) in [5.74, 6) is -2.76. The van der Waals surface area contributed by atoms with Crippen LogP contribution in [0, 0.1) is 11.6 Å². The van der Waals surface area contributed by atoms with Gasteiger partial charge in [-0.2, -0.15) is 0 Å². The van der Waals surface area contributed by atoms with Crippen LogP contribution in [-0.4, -0.2) is 35.3 Å². The van der Waals surface area contributed by atoms with Crippen LogP contribution in [-0.2, 0) is 11.3 Å². The molecule has 5 heteroatoms. The maximum absolute atomic E-state index is 13.3. The Balaban J connectivity index is 2.18. The van der Waals surface area contributed by atoms with Gasteiger partial charge in [-0.3, -0.25) is 4.90 Å². The van der Waals surface area contributed by atoms with Crippen molar-refractivity contribution in [1.29, 1.82) is 0 Å². The maximum Gasteiger partial charge on any atom is 0.187 e. The van der Waals surface area contributed by atoms with Crippen LogP contribution in [0.2, 0.25) is 0 Å². The van der Waals surface area contributed by atoms with E-state index in [-0.39, 0.29) is 5.54 Å². The SMILES string of the molecule is CC1(C)COCCN1Cc1cc(F)c(O)c(F)c1. The molecule has 0 aromatic heterocycles. The molecule has 0 radical (unpaired) electrons. The number of morpholine rings is 1. The van der Waals surface area contributed by atoms with E-state index in [0.29, 0.717) is 25.3 Å². The number of ether oxygens (including phenoxy) is 1. The Labute approximate surface area is 105 Å². The molecule has 0 amide bonds. The van der Waals surface area contributed by atoms with Crippen LogP contribution in [0.25, 0.3) is 0 Å². The first kappa shape index (κ1) is 13.2. The number of hydrogen-bond acceptors (Lipinski definition) is 3. The highest BCUT2D eigenvalue weighted by molar-refractivity contribution is 5.30. The van der Waals surface area contributed by atoms with Crippen molar-refractivity contribution >= 4 is 0 Å². The fraction of sp³-hybridized carbons (Fsp3) is 0.538. The molecular formula is C13H17F2NO2. The molecule has 2 rings (SSSR count). The number of phenolic OH excluding ortho intramolecular Hbond substituents is 1. The summed E-state index contributed by atoms with van der Waals surface area (Å²) in [6.07, 6.45) is 0. The van der Waals surface area contributed by atoms with Gasteiger partial charge >= 0.3 is 0 Å². The third kappa shape index (κ3) is 2.62. The van der Waals surface area contributed by atoms with Crippen molar-refractivity contribution in [3.8, 4) is 5.75 Å². The van der Waals surface area contributed by atoms with Crippen molar-refractivity contribution in [1.82, 2.24) is 4.90 Å². The van der Waals surface area contributed by atoms with E-state index in [2.05, 4.69) is 4.90 Å². The predicted octanol–water partition coefficient (Wildman–Crippen LogP) is 2.28. The van der Waals surface area contributed by atoms with E-state index in [1.54, 1.807) is 0 Å². The van der Waals surface area contributed by atoms with Gasteiger partial charge in [0.2, 0.25) is 0 Å². The fourth-order valence-electron chi connectivity index (χ4n) is 2.11. The summed E-state index contributed by atoms with van der Waals surface area (Å²) in [4.78, 5) is 2.11. The van der Waals surface area contributed by atoms with Gasteiger partial charge in [0.25, 0.3) is 0 Å². The third-order valence-corrected chi connectivity index (χ3v) is 3.27. The number of benzene rings is 1. The van der Waals surface area contributed by atoms with Crippen LogP contribution >= 0.6 is 0 Å². The second-order valence-corrected chi connectivity index (χ2v) is 5.19. The van der Waals surface area contributed by atoms with E-state index in [1.165, 1.54) is 12.1 Å². The summed E-state index contributed by atoms with van der Waals surface area (Å²) < 4.78 is 31.9. The Morgan fingerprint density at radius 2 is 1.94 bits per heavy atom. The molecule has 0 spiro atoms. The molecule has 100 valence electrons. The normalized spacial score (nSPS) is 20.0. The van der Waals surface area contributed by atoms with Gasteiger partial charge in [-0.05, 0) is 31.5 Å². The van der Waals surface area contributed by atoms with Crippen LogP contribution in [0.4, 0.5) is 8.78 Å². The lowest BCUT2D eigenvalue weighted by Gasteiger charge is -2.42. The maximum atomic E-state index is 13.3. The van der Waals surface area contributed by atoms with Gasteiger partial charge in [-0.15, -0.1) is 0 Å². The Morgan fingerprint density at radius 1 is 1.33 bits per heavy atom. The lowest BCUT2D eigenvalue weighted by molar-refractivity contribution is -0.0553. The zero-order valence-corrected chi connectivity index (χ0v) is 10.5. The van der Waals surface area contributed by atoms with E-state index < -0.39 is 17.4 Å². The van der Waals surface area contributed by atoms with Crippen LogP contribution in [0.5, 0.6) is 5.75 Å². The summed E-state index contributed by atoms with van der Waals surface area (Å²) in [6.45, 7) is 6.42. The van der Waals surface area contributed by atoms with Crippen molar-refractivity contribution in [2.24, 2.45) is 0 Å². The molecule has 1 heterocycles. The smallest absolute Gasteiger partial charge is 0.187 e. The zero-order valence-electron chi connectivity index (χ0n) is 10.5. The van der Waals surface area contributed by atoms with E-state index >= 15 is 0 Å². The quantitative estimate of drug-likeness (QED) is 0.882. The number of nitrogens with zero attached hydrogens (tertiary/aromatic N) is 1. The van der Waals surface area contributed by atoms with Crippen molar-refractivity contribution in [2.45, 2.75) is 25.9 Å². The Morgan fingerprint density at radius 3 is 2.50 bits per heavy atom. The topological polar surface area (TPSA) is 32.7 Å². The first-order valence-electron chi connectivity index (χ1n) is 5.90. The van der Waals surface area contributed by atoms with Crippen molar-refractivity contribution in [2.75, 3.05) is 19.8 Å². The predicted molar refractivity (Wildman–Crippen MR) is 63.3 cm³/mol. The minimum atomic E-state index is -0.920. The minimum Gasteiger partial charge on any atom is -0.503 e. The highest BCUT2D eigenvalue weighted by Gasteiger charge is 2.30. The first-order chi connectivity index (χ1) is 8.40. The second-order valence-electron chi connectivity index (χ2n) is 5.19. The largest absolute Gasteiger partial charge is 0.503 e. The molecule has 1 N–H and O–H groups in total. The Kier molecular flexibility index (Phi) is 3.54. The summed E-state index contributed by atoms with van der Waals surface area (Å²) in [6, 6.07) is 2.34. The number of aromatic hydroxyl groups is 1. The molecule has 0 atom stereocenters. The van der Waals surface area contributed by atoms with E-state index in [1.807, 2.05) is 13.8 Å². The van der Waals surface area contributed by atoms with Gasteiger partial charge in [0.1, 0.15) is 0 Å². The van der Waals surface area contributed by atoms with Crippen molar-refractivity contribution in [3.05, 3.63) is 29.3 Å². The molecular weight excluding hydrogens is 240 g/mol. The highest BCUT2D eigenvalue weighted by atomic mass is 19.1. The summed E-state index contributed by atoms with van der Waals surface area (Å²) in [5.41, 5.74) is 0.348. The summed E-state index contributed by atoms with van der Waals surface area (Å²) >= 11 is 0. The average Bonchev–Trinajstić information content (AvgIpc) is 2.28. The standard InChI is InChI=1S/C13H17F2NO2/c1-13(2)8-18-4-3-16(13)7-9-5-10(14)12(17)11(15)6-9/h5-6,17H,3-4,7-8H2,1-2H3. The van der Waals surface area contributed by atoms with Gasteiger partial charge < -0.3 is 9.84 Å². The highest BCUT2D eigenvalue weighted by Crippen LogP contribution is 2.25. The molecule has 18 heavy (non-hydrogen) atoms. The fourth-order valence-corrected chi connectivity index (χ4v) is 2.11. The van der Waals surface area contributed by atoms with Gasteiger partial charge in [0.15, 0.2) is 17.4 Å². The Hall–Kier alpha value is -1.20. The molecule has 0 saturated carbocycles. The first-order valence-corrected chi connectivity index (χ1v) is 5.90. The van der Waals surface area contributed by atoms with Crippen LogP contribution < -0.4 is 0 Å². The van der Waals surface area contributed by atoms with Crippen molar-refractivity contribution in [3.63, 3.8) is 0 Å². The average molecular weight is 257 g/mol. The molecule has 1 aliphatic heterocycles. The molecule has 0 aliphatic carbocycles. The molecule has 1 saturated heterocycles. The van der Waals surface area contributed by atoms with Gasteiger partial charge in [0, 0.05) is 18.6 Å². The zero-order chi connectivity index (χ0) is 13.3. The van der Waals surface area contributed by atoms with Gasteiger partial charge in [0.05, 0.1) is 13.2 Å². The van der Waals surface area contributed by atoms with Crippen LogP contribution in [0.3, 0.4) is 0 Å². The van der Waals surface area contributed by atoms with Crippen LogP contribution in [0.15, 0.2) is 12.1 Å². The molecule has 1 aromatic carbocycles. The number of phenols is 1. The van der Waals surface area contributed by atoms with Gasteiger partial charge in [-0.25, -0.2) is 8.78 Å². The monoisotopic (exact) mass is 257 g/mol. The van der Waals surface area contributed by atoms with E-state index in [4.69, 9.17) is 9.84 Å². The second kappa shape index (κ2) is 4.82. The van der Waals surface area contributed by atoms with Gasteiger partial charge in [-0.1, -0.05) is 0 Å². The van der Waals surface area contributed by atoms with Crippen molar-refractivity contribution < 1.29 is 18.6 Å². The van der Waals surface area contributed by atoms with E-state index in [0.717, 1.165) is 6.54 Å². The number of halogens is 2. The number of hydrogen-bond donors (Lipinski definition) is 1. The molecule has 3 nitrogen and oxygen atoms in total. The molecule has 0 bridgehead atoms. The molecule has 0 unspecified atom stereocenters. The van der Waals surface area contributed by atoms with E-state index in [9.17, 15) is 8.78 Å². The molecule has 1 aromatic rings. The summed E-state index contributed by atoms with van der Waals surface area (Å²) in [7, 11) is 0. The number of rotatable bonds is 2. The molecule has 1 fully saturated rings. The lowest BCUT2D eigenvalue weighted by atomic mass is 10.0. The summed E-state index contributed by atoms with van der Waals surface area (Å²) in [5, 5.41) is 9.06.